The molecular formula is C18H18Cl2FN3O2. The Kier molecular flexibility index (Phi) is 7.38. The summed E-state index contributed by atoms with van der Waals surface area (Å²) >= 11 is 12.0. The number of anilines is 2. The zero-order valence-electron chi connectivity index (χ0n) is 14.1. The molecule has 0 radical (unpaired) electrons. The fourth-order valence-electron chi connectivity index (χ4n) is 2.20. The number of amides is 2. The summed E-state index contributed by atoms with van der Waals surface area (Å²) < 4.78 is 13.1. The third kappa shape index (κ3) is 6.29. The number of hydrogen-bond acceptors (Lipinski definition) is 3. The van der Waals surface area contributed by atoms with Gasteiger partial charge in [0.1, 0.15) is 5.82 Å². The molecule has 0 aliphatic heterocycles. The molecule has 138 valence electrons. The Labute approximate surface area is 161 Å². The van der Waals surface area contributed by atoms with Gasteiger partial charge in [0.15, 0.2) is 0 Å². The van der Waals surface area contributed by atoms with Gasteiger partial charge in [-0.1, -0.05) is 35.3 Å². The lowest BCUT2D eigenvalue weighted by Gasteiger charge is -2.17. The molecule has 2 amide bonds. The number of halogens is 3. The number of carbonyl (C=O) groups is 2. The van der Waals surface area contributed by atoms with E-state index in [1.54, 1.807) is 36.2 Å². The lowest BCUT2D eigenvalue weighted by molar-refractivity contribution is -0.119. The fourth-order valence-corrected chi connectivity index (χ4v) is 2.69. The number of likely N-dealkylation sites (N-methyl/N-ethyl adjacent to an activating group) is 1. The number of rotatable bonds is 7. The molecule has 0 heterocycles. The molecule has 2 rings (SSSR count). The van der Waals surface area contributed by atoms with E-state index in [-0.39, 0.29) is 24.8 Å². The Balaban J connectivity index is 1.78. The van der Waals surface area contributed by atoms with E-state index in [9.17, 15) is 14.0 Å². The molecule has 5 nitrogen and oxygen atoms in total. The smallest absolute Gasteiger partial charge is 0.238 e. The maximum absolute atomic E-state index is 13.1. The third-order valence-corrected chi connectivity index (χ3v) is 4.10. The van der Waals surface area contributed by atoms with Crippen molar-refractivity contribution in [3.05, 3.63) is 58.3 Å². The van der Waals surface area contributed by atoms with E-state index >= 15 is 0 Å². The largest absolute Gasteiger partial charge is 0.326 e. The number of benzene rings is 2. The minimum atomic E-state index is -0.421. The van der Waals surface area contributed by atoms with E-state index in [2.05, 4.69) is 10.6 Å². The van der Waals surface area contributed by atoms with Crippen LogP contribution in [0.15, 0.2) is 42.5 Å². The molecule has 26 heavy (non-hydrogen) atoms. The van der Waals surface area contributed by atoms with Crippen LogP contribution in [-0.4, -0.2) is 36.9 Å². The Bertz CT molecular complexity index is 782. The molecule has 0 atom stereocenters. The zero-order valence-corrected chi connectivity index (χ0v) is 15.6. The van der Waals surface area contributed by atoms with Gasteiger partial charge in [0.05, 0.1) is 22.3 Å². The first-order chi connectivity index (χ1) is 12.3. The second-order valence-electron chi connectivity index (χ2n) is 5.69. The predicted octanol–water partition coefficient (Wildman–Crippen LogP) is 4.03. The van der Waals surface area contributed by atoms with E-state index in [4.69, 9.17) is 23.2 Å². The number of nitrogens with one attached hydrogen (secondary N) is 2. The van der Waals surface area contributed by atoms with Crippen LogP contribution in [-0.2, 0) is 9.59 Å². The average molecular weight is 398 g/mol. The van der Waals surface area contributed by atoms with Gasteiger partial charge in [-0.2, -0.15) is 0 Å². The highest BCUT2D eigenvalue weighted by atomic mass is 35.5. The van der Waals surface area contributed by atoms with E-state index in [0.717, 1.165) is 0 Å². The molecule has 0 fully saturated rings. The SMILES string of the molecule is CN(CCC(=O)Nc1cccc(F)c1)CC(=O)Nc1c(Cl)cccc1Cl. The van der Waals surface area contributed by atoms with E-state index in [1.807, 2.05) is 0 Å². The first-order valence-corrected chi connectivity index (χ1v) is 8.58. The van der Waals surface area contributed by atoms with Gasteiger partial charge in [-0.05, 0) is 37.4 Å². The van der Waals surface area contributed by atoms with Crippen molar-refractivity contribution in [1.82, 2.24) is 4.90 Å². The van der Waals surface area contributed by atoms with Crippen molar-refractivity contribution >= 4 is 46.4 Å². The summed E-state index contributed by atoms with van der Waals surface area (Å²) in [5.74, 6) is -0.986. The summed E-state index contributed by atoms with van der Waals surface area (Å²) in [6.45, 7) is 0.416. The van der Waals surface area contributed by atoms with Gasteiger partial charge in [0.2, 0.25) is 11.8 Å². The average Bonchev–Trinajstić information content (AvgIpc) is 2.56. The van der Waals surface area contributed by atoms with Crippen LogP contribution in [0.2, 0.25) is 10.0 Å². The van der Waals surface area contributed by atoms with Crippen molar-refractivity contribution in [2.24, 2.45) is 0 Å². The standard InChI is InChI=1S/C18H18Cl2FN3O2/c1-24(9-8-16(25)22-13-5-2-4-12(21)10-13)11-17(26)23-18-14(19)6-3-7-15(18)20/h2-7,10H,8-9,11H2,1H3,(H,22,25)(H,23,26). The van der Waals surface area contributed by atoms with Crippen LogP contribution in [0.25, 0.3) is 0 Å². The van der Waals surface area contributed by atoms with Gasteiger partial charge in [0.25, 0.3) is 0 Å². The number of hydrogen-bond donors (Lipinski definition) is 2. The molecule has 8 heteroatoms. The summed E-state index contributed by atoms with van der Waals surface area (Å²) in [5.41, 5.74) is 0.752. The number of carbonyl (C=O) groups excluding carboxylic acids is 2. The van der Waals surface area contributed by atoms with Crippen molar-refractivity contribution in [2.75, 3.05) is 30.8 Å². The molecule has 0 spiro atoms. The van der Waals surface area contributed by atoms with E-state index in [0.29, 0.717) is 28.0 Å². The zero-order chi connectivity index (χ0) is 19.1. The molecule has 0 unspecified atom stereocenters. The normalized spacial score (nSPS) is 10.7. The second-order valence-corrected chi connectivity index (χ2v) is 6.51. The lowest BCUT2D eigenvalue weighted by atomic mass is 10.3. The van der Waals surface area contributed by atoms with E-state index < -0.39 is 5.82 Å². The Hall–Kier alpha value is -2.15. The molecule has 0 aromatic heterocycles. The molecule has 0 aliphatic rings. The second kappa shape index (κ2) is 9.52. The van der Waals surface area contributed by atoms with Gasteiger partial charge in [-0.3, -0.25) is 14.5 Å². The highest BCUT2D eigenvalue weighted by molar-refractivity contribution is 6.39. The molecule has 0 bridgehead atoms. The van der Waals surface area contributed by atoms with Gasteiger partial charge in [-0.25, -0.2) is 4.39 Å². The topological polar surface area (TPSA) is 61.4 Å². The molecule has 2 N–H and O–H groups in total. The maximum atomic E-state index is 13.1. The summed E-state index contributed by atoms with van der Waals surface area (Å²) in [5, 5.41) is 5.96. The third-order valence-electron chi connectivity index (χ3n) is 3.47. The predicted molar refractivity (Wildman–Crippen MR) is 102 cm³/mol. The minimum Gasteiger partial charge on any atom is -0.326 e. The van der Waals surface area contributed by atoms with Gasteiger partial charge in [-0.15, -0.1) is 0 Å². The van der Waals surface area contributed by atoms with Crippen LogP contribution in [0.3, 0.4) is 0 Å². The summed E-state index contributed by atoms with van der Waals surface area (Å²) in [7, 11) is 1.71. The molecule has 2 aromatic rings. The summed E-state index contributed by atoms with van der Waals surface area (Å²) in [6.07, 6.45) is 0.160. The van der Waals surface area contributed by atoms with Crippen molar-refractivity contribution < 1.29 is 14.0 Å². The van der Waals surface area contributed by atoms with Crippen LogP contribution in [0.5, 0.6) is 0 Å². The van der Waals surface area contributed by atoms with Gasteiger partial charge < -0.3 is 10.6 Å². The summed E-state index contributed by atoms with van der Waals surface area (Å²) in [6, 6.07) is 10.6. The fraction of sp³-hybridized carbons (Fsp3) is 0.222. The van der Waals surface area contributed by atoms with Crippen LogP contribution in [0.4, 0.5) is 15.8 Å². The first kappa shape index (κ1) is 20.2. The molecule has 0 aliphatic carbocycles. The number of para-hydroxylation sites is 1. The van der Waals surface area contributed by atoms with Gasteiger partial charge >= 0.3 is 0 Å². The Morgan fingerprint density at radius 2 is 1.69 bits per heavy atom. The number of nitrogens with zero attached hydrogens (tertiary/aromatic N) is 1. The minimum absolute atomic E-state index is 0.0643. The van der Waals surface area contributed by atoms with Gasteiger partial charge in [0, 0.05) is 18.7 Å². The Morgan fingerprint density at radius 3 is 2.35 bits per heavy atom. The van der Waals surface area contributed by atoms with Crippen LogP contribution < -0.4 is 10.6 Å². The van der Waals surface area contributed by atoms with Crippen molar-refractivity contribution in [3.63, 3.8) is 0 Å². The highest BCUT2D eigenvalue weighted by Gasteiger charge is 2.12. The highest BCUT2D eigenvalue weighted by Crippen LogP contribution is 2.29. The molecule has 0 saturated heterocycles. The van der Waals surface area contributed by atoms with Crippen LogP contribution in [0.1, 0.15) is 6.42 Å². The van der Waals surface area contributed by atoms with Crippen molar-refractivity contribution in [2.45, 2.75) is 6.42 Å². The summed E-state index contributed by atoms with van der Waals surface area (Å²) in [4.78, 5) is 25.7. The monoisotopic (exact) mass is 397 g/mol. The molecule has 2 aromatic carbocycles. The Morgan fingerprint density at radius 1 is 1.04 bits per heavy atom. The van der Waals surface area contributed by atoms with Crippen LogP contribution in [0, 0.1) is 5.82 Å². The van der Waals surface area contributed by atoms with Crippen molar-refractivity contribution in [1.29, 1.82) is 0 Å². The maximum Gasteiger partial charge on any atom is 0.238 e. The van der Waals surface area contributed by atoms with Crippen molar-refractivity contribution in [3.8, 4) is 0 Å². The molecule has 0 saturated carbocycles. The lowest BCUT2D eigenvalue weighted by Crippen LogP contribution is -2.32. The quantitative estimate of drug-likeness (QED) is 0.741. The molecular weight excluding hydrogens is 380 g/mol. The van der Waals surface area contributed by atoms with E-state index in [1.165, 1.54) is 18.2 Å². The van der Waals surface area contributed by atoms with Crippen LogP contribution >= 0.6 is 23.2 Å². The first-order valence-electron chi connectivity index (χ1n) is 7.83.